The molecule has 1 fully saturated rings. The third-order valence-corrected chi connectivity index (χ3v) is 3.52. The number of hydrogen-bond donors (Lipinski definition) is 0. The number of rotatable bonds is 3. The molecule has 0 unspecified atom stereocenters. The molecule has 0 spiro atoms. The molecule has 1 aromatic rings. The van der Waals surface area contributed by atoms with Crippen LogP contribution in [0.15, 0.2) is 24.3 Å². The SMILES string of the molecule is CN(C)Cc1ccc(C(=O)N2CCCCCC2=O)cc1. The largest absolute Gasteiger partial charge is 0.305 e. The first-order chi connectivity index (χ1) is 9.58. The van der Waals surface area contributed by atoms with E-state index in [1.807, 2.05) is 38.4 Å². The summed E-state index contributed by atoms with van der Waals surface area (Å²) >= 11 is 0. The second-order valence-corrected chi connectivity index (χ2v) is 5.60. The van der Waals surface area contributed by atoms with Crippen LogP contribution in [0.5, 0.6) is 0 Å². The predicted octanol–water partition coefficient (Wildman–Crippen LogP) is 2.29. The first kappa shape index (κ1) is 14.7. The van der Waals surface area contributed by atoms with Gasteiger partial charge in [0.05, 0.1) is 0 Å². The van der Waals surface area contributed by atoms with Crippen LogP contribution >= 0.6 is 0 Å². The van der Waals surface area contributed by atoms with E-state index < -0.39 is 0 Å². The summed E-state index contributed by atoms with van der Waals surface area (Å²) in [6.07, 6.45) is 3.32. The number of carbonyl (C=O) groups is 2. The Bertz CT molecular complexity index is 480. The summed E-state index contributed by atoms with van der Waals surface area (Å²) in [5.41, 5.74) is 1.76. The molecule has 0 aliphatic carbocycles. The van der Waals surface area contributed by atoms with Gasteiger partial charge in [0.2, 0.25) is 5.91 Å². The van der Waals surface area contributed by atoms with E-state index in [0.29, 0.717) is 18.5 Å². The maximum Gasteiger partial charge on any atom is 0.260 e. The fourth-order valence-electron chi connectivity index (χ4n) is 2.47. The van der Waals surface area contributed by atoms with Crippen molar-refractivity contribution in [1.29, 1.82) is 0 Å². The minimum Gasteiger partial charge on any atom is -0.305 e. The Hall–Kier alpha value is -1.68. The minimum absolute atomic E-state index is 0.0372. The van der Waals surface area contributed by atoms with E-state index >= 15 is 0 Å². The van der Waals surface area contributed by atoms with Crippen molar-refractivity contribution in [1.82, 2.24) is 9.80 Å². The van der Waals surface area contributed by atoms with Gasteiger partial charge in [-0.15, -0.1) is 0 Å². The van der Waals surface area contributed by atoms with Gasteiger partial charge in [-0.05, 0) is 44.6 Å². The second kappa shape index (κ2) is 6.66. The number of hydrogen-bond acceptors (Lipinski definition) is 3. The van der Waals surface area contributed by atoms with Crippen LogP contribution in [0.3, 0.4) is 0 Å². The highest BCUT2D eigenvalue weighted by molar-refractivity contribution is 6.04. The Kier molecular flexibility index (Phi) is 4.90. The molecule has 4 heteroatoms. The van der Waals surface area contributed by atoms with Crippen molar-refractivity contribution in [2.75, 3.05) is 20.6 Å². The van der Waals surface area contributed by atoms with Crippen LogP contribution in [-0.4, -0.2) is 42.3 Å². The zero-order valence-corrected chi connectivity index (χ0v) is 12.3. The van der Waals surface area contributed by atoms with E-state index in [9.17, 15) is 9.59 Å². The van der Waals surface area contributed by atoms with Gasteiger partial charge in [-0.3, -0.25) is 14.5 Å². The molecule has 0 atom stereocenters. The number of carbonyl (C=O) groups excluding carboxylic acids is 2. The highest BCUT2D eigenvalue weighted by atomic mass is 16.2. The molecule has 0 bridgehead atoms. The molecular formula is C16H22N2O2. The van der Waals surface area contributed by atoms with Crippen molar-refractivity contribution in [3.63, 3.8) is 0 Å². The summed E-state index contributed by atoms with van der Waals surface area (Å²) in [5, 5.41) is 0. The third kappa shape index (κ3) is 3.67. The lowest BCUT2D eigenvalue weighted by atomic mass is 10.1. The summed E-state index contributed by atoms with van der Waals surface area (Å²) < 4.78 is 0. The zero-order valence-electron chi connectivity index (χ0n) is 12.3. The molecular weight excluding hydrogens is 252 g/mol. The summed E-state index contributed by atoms with van der Waals surface area (Å²) in [4.78, 5) is 27.8. The summed E-state index contributed by atoms with van der Waals surface area (Å²) in [6, 6.07) is 7.55. The molecule has 20 heavy (non-hydrogen) atoms. The van der Waals surface area contributed by atoms with Crippen LogP contribution in [-0.2, 0) is 11.3 Å². The molecule has 0 N–H and O–H groups in total. The predicted molar refractivity (Wildman–Crippen MR) is 78.3 cm³/mol. The molecule has 1 heterocycles. The summed E-state index contributed by atoms with van der Waals surface area (Å²) in [5.74, 6) is -0.196. The van der Waals surface area contributed by atoms with Gasteiger partial charge < -0.3 is 4.90 Å². The third-order valence-electron chi connectivity index (χ3n) is 3.52. The van der Waals surface area contributed by atoms with Crippen molar-refractivity contribution in [3.8, 4) is 0 Å². The highest BCUT2D eigenvalue weighted by Crippen LogP contribution is 2.15. The molecule has 1 aliphatic rings. The lowest BCUT2D eigenvalue weighted by Crippen LogP contribution is -2.36. The van der Waals surface area contributed by atoms with Crippen LogP contribution in [0.25, 0.3) is 0 Å². The zero-order chi connectivity index (χ0) is 14.5. The number of benzene rings is 1. The molecule has 1 aromatic carbocycles. The van der Waals surface area contributed by atoms with Gasteiger partial charge in [-0.2, -0.15) is 0 Å². The smallest absolute Gasteiger partial charge is 0.260 e. The van der Waals surface area contributed by atoms with Gasteiger partial charge in [0.1, 0.15) is 0 Å². The summed E-state index contributed by atoms with van der Waals surface area (Å²) in [6.45, 7) is 1.40. The second-order valence-electron chi connectivity index (χ2n) is 5.60. The van der Waals surface area contributed by atoms with Crippen LogP contribution in [0.4, 0.5) is 0 Å². The van der Waals surface area contributed by atoms with Gasteiger partial charge in [0, 0.05) is 25.1 Å². The highest BCUT2D eigenvalue weighted by Gasteiger charge is 2.23. The molecule has 2 rings (SSSR count). The average Bonchev–Trinajstić information content (AvgIpc) is 2.63. The molecule has 0 aromatic heterocycles. The van der Waals surface area contributed by atoms with Crippen LogP contribution in [0.2, 0.25) is 0 Å². The molecule has 0 saturated carbocycles. The molecule has 108 valence electrons. The Morgan fingerprint density at radius 3 is 2.50 bits per heavy atom. The van der Waals surface area contributed by atoms with E-state index in [2.05, 4.69) is 4.90 Å². The lowest BCUT2D eigenvalue weighted by molar-refractivity contribution is -0.128. The van der Waals surface area contributed by atoms with E-state index in [1.54, 1.807) is 0 Å². The van der Waals surface area contributed by atoms with Gasteiger partial charge in [-0.1, -0.05) is 18.6 Å². The lowest BCUT2D eigenvalue weighted by Gasteiger charge is -2.18. The van der Waals surface area contributed by atoms with Crippen molar-refractivity contribution in [2.24, 2.45) is 0 Å². The van der Waals surface area contributed by atoms with E-state index in [1.165, 1.54) is 4.90 Å². The van der Waals surface area contributed by atoms with Crippen LogP contribution < -0.4 is 0 Å². The molecule has 2 amide bonds. The monoisotopic (exact) mass is 274 g/mol. The normalized spacial score (nSPS) is 16.4. The number of imide groups is 1. The first-order valence-corrected chi connectivity index (χ1v) is 7.16. The van der Waals surface area contributed by atoms with E-state index in [0.717, 1.165) is 31.4 Å². The number of amides is 2. The van der Waals surface area contributed by atoms with E-state index in [4.69, 9.17) is 0 Å². The van der Waals surface area contributed by atoms with Crippen LogP contribution in [0, 0.1) is 0 Å². The van der Waals surface area contributed by atoms with Crippen molar-refractivity contribution >= 4 is 11.8 Å². The molecule has 0 radical (unpaired) electrons. The Morgan fingerprint density at radius 1 is 1.15 bits per heavy atom. The number of nitrogens with zero attached hydrogens (tertiary/aromatic N) is 2. The van der Waals surface area contributed by atoms with Crippen molar-refractivity contribution in [3.05, 3.63) is 35.4 Å². The molecule has 1 saturated heterocycles. The van der Waals surface area contributed by atoms with Crippen LogP contribution in [0.1, 0.15) is 41.6 Å². The minimum atomic E-state index is -0.159. The summed E-state index contributed by atoms with van der Waals surface area (Å²) in [7, 11) is 4.02. The molecule has 1 aliphatic heterocycles. The Balaban J connectivity index is 2.09. The fourth-order valence-corrected chi connectivity index (χ4v) is 2.47. The van der Waals surface area contributed by atoms with Gasteiger partial charge in [-0.25, -0.2) is 0 Å². The Labute approximate surface area is 120 Å². The standard InChI is InChI=1S/C16H22N2O2/c1-17(2)12-13-7-9-14(10-8-13)16(20)18-11-5-3-4-6-15(18)19/h7-10H,3-6,11-12H2,1-2H3. The number of likely N-dealkylation sites (tertiary alicyclic amines) is 1. The van der Waals surface area contributed by atoms with E-state index in [-0.39, 0.29) is 11.8 Å². The van der Waals surface area contributed by atoms with Crippen molar-refractivity contribution < 1.29 is 9.59 Å². The quantitative estimate of drug-likeness (QED) is 0.794. The van der Waals surface area contributed by atoms with Gasteiger partial charge in [0.25, 0.3) is 5.91 Å². The van der Waals surface area contributed by atoms with Crippen molar-refractivity contribution in [2.45, 2.75) is 32.2 Å². The Morgan fingerprint density at radius 2 is 1.85 bits per heavy atom. The topological polar surface area (TPSA) is 40.6 Å². The van der Waals surface area contributed by atoms with Gasteiger partial charge in [0.15, 0.2) is 0 Å². The first-order valence-electron chi connectivity index (χ1n) is 7.16. The maximum atomic E-state index is 12.4. The average molecular weight is 274 g/mol. The maximum absolute atomic E-state index is 12.4. The fraction of sp³-hybridized carbons (Fsp3) is 0.500. The van der Waals surface area contributed by atoms with Gasteiger partial charge >= 0.3 is 0 Å². The molecule has 4 nitrogen and oxygen atoms in total.